The zero-order chi connectivity index (χ0) is 9.52. The summed E-state index contributed by atoms with van der Waals surface area (Å²) in [4.78, 5) is 0. The maximum absolute atomic E-state index is 3.67. The van der Waals surface area contributed by atoms with Crippen molar-refractivity contribution in [1.82, 2.24) is 5.32 Å². The van der Waals surface area contributed by atoms with Gasteiger partial charge in [0.25, 0.3) is 0 Å². The summed E-state index contributed by atoms with van der Waals surface area (Å²) in [5.41, 5.74) is 0. The number of nitrogens with one attached hydrogen (secondary N) is 1. The van der Waals surface area contributed by atoms with Gasteiger partial charge < -0.3 is 5.32 Å². The van der Waals surface area contributed by atoms with E-state index in [4.69, 9.17) is 0 Å². The third-order valence-corrected chi connectivity index (χ3v) is 3.16. The molecule has 0 amide bonds. The third kappa shape index (κ3) is 4.66. The SMILES string of the molecule is CCCCCCN[C@H]1CC[C@H](C)C1. The third-order valence-electron chi connectivity index (χ3n) is 3.16. The summed E-state index contributed by atoms with van der Waals surface area (Å²) in [5.74, 6) is 0.966. The standard InChI is InChI=1S/C12H25N/c1-3-4-5-6-9-13-12-8-7-11(2)10-12/h11-13H,3-10H2,1-2H3/t11-,12-/m0/s1. The van der Waals surface area contributed by atoms with Gasteiger partial charge in [-0.15, -0.1) is 0 Å². The van der Waals surface area contributed by atoms with Gasteiger partial charge in [0.1, 0.15) is 0 Å². The van der Waals surface area contributed by atoms with Gasteiger partial charge in [0.05, 0.1) is 0 Å². The van der Waals surface area contributed by atoms with E-state index >= 15 is 0 Å². The minimum Gasteiger partial charge on any atom is -0.314 e. The lowest BCUT2D eigenvalue weighted by atomic mass is 10.1. The van der Waals surface area contributed by atoms with E-state index < -0.39 is 0 Å². The quantitative estimate of drug-likeness (QED) is 0.623. The van der Waals surface area contributed by atoms with Crippen molar-refractivity contribution in [3.63, 3.8) is 0 Å². The van der Waals surface area contributed by atoms with Crippen LogP contribution in [0.1, 0.15) is 58.8 Å². The van der Waals surface area contributed by atoms with Crippen LogP contribution in [0.3, 0.4) is 0 Å². The Labute approximate surface area is 83.3 Å². The second-order valence-corrected chi connectivity index (χ2v) is 4.63. The van der Waals surface area contributed by atoms with Crippen LogP contribution < -0.4 is 5.32 Å². The fourth-order valence-electron chi connectivity index (χ4n) is 2.25. The molecule has 78 valence electrons. The van der Waals surface area contributed by atoms with Crippen LogP contribution in [-0.2, 0) is 0 Å². The van der Waals surface area contributed by atoms with Crippen LogP contribution in [0.5, 0.6) is 0 Å². The van der Waals surface area contributed by atoms with E-state index in [-0.39, 0.29) is 0 Å². The Morgan fingerprint density at radius 3 is 2.62 bits per heavy atom. The molecule has 0 aromatic carbocycles. The largest absolute Gasteiger partial charge is 0.314 e. The van der Waals surface area contributed by atoms with Gasteiger partial charge in [0.15, 0.2) is 0 Å². The Morgan fingerprint density at radius 2 is 2.00 bits per heavy atom. The highest BCUT2D eigenvalue weighted by Crippen LogP contribution is 2.24. The van der Waals surface area contributed by atoms with Crippen LogP contribution in [-0.4, -0.2) is 12.6 Å². The van der Waals surface area contributed by atoms with Gasteiger partial charge in [-0.3, -0.25) is 0 Å². The Kier molecular flexibility index (Phi) is 5.45. The van der Waals surface area contributed by atoms with Gasteiger partial charge in [-0.05, 0) is 38.1 Å². The molecule has 1 saturated carbocycles. The van der Waals surface area contributed by atoms with Gasteiger partial charge >= 0.3 is 0 Å². The van der Waals surface area contributed by atoms with Crippen LogP contribution in [0.15, 0.2) is 0 Å². The van der Waals surface area contributed by atoms with Gasteiger partial charge in [0, 0.05) is 6.04 Å². The Hall–Kier alpha value is -0.0400. The summed E-state index contributed by atoms with van der Waals surface area (Å²) in [6, 6.07) is 0.844. The number of hydrogen-bond donors (Lipinski definition) is 1. The number of rotatable bonds is 6. The first kappa shape index (κ1) is 11.0. The first-order valence-electron chi connectivity index (χ1n) is 6.06. The molecule has 0 bridgehead atoms. The molecule has 1 aliphatic carbocycles. The van der Waals surface area contributed by atoms with Gasteiger partial charge in [-0.2, -0.15) is 0 Å². The predicted molar refractivity (Wildman–Crippen MR) is 58.9 cm³/mol. The normalized spacial score (nSPS) is 28.2. The molecule has 0 spiro atoms. The maximum atomic E-state index is 3.67. The van der Waals surface area contributed by atoms with Crippen LogP contribution in [0.2, 0.25) is 0 Å². The molecule has 0 aromatic heterocycles. The van der Waals surface area contributed by atoms with Crippen LogP contribution in [0, 0.1) is 5.92 Å². The molecule has 0 unspecified atom stereocenters. The lowest BCUT2D eigenvalue weighted by Crippen LogP contribution is -2.27. The van der Waals surface area contributed by atoms with E-state index in [0.29, 0.717) is 0 Å². The van der Waals surface area contributed by atoms with Crippen molar-refractivity contribution in [2.45, 2.75) is 64.8 Å². The predicted octanol–water partition coefficient (Wildman–Crippen LogP) is 3.34. The number of hydrogen-bond acceptors (Lipinski definition) is 1. The monoisotopic (exact) mass is 183 g/mol. The lowest BCUT2D eigenvalue weighted by Gasteiger charge is -2.11. The van der Waals surface area contributed by atoms with Crippen LogP contribution >= 0.6 is 0 Å². The molecule has 1 heteroatoms. The first-order valence-corrected chi connectivity index (χ1v) is 6.06. The van der Waals surface area contributed by atoms with E-state index in [1.807, 2.05) is 0 Å². The van der Waals surface area contributed by atoms with Crippen LogP contribution in [0.4, 0.5) is 0 Å². The summed E-state index contributed by atoms with van der Waals surface area (Å²) in [6.45, 7) is 5.89. The van der Waals surface area contributed by atoms with Gasteiger partial charge in [-0.25, -0.2) is 0 Å². The lowest BCUT2D eigenvalue weighted by molar-refractivity contribution is 0.486. The average molecular weight is 183 g/mol. The van der Waals surface area contributed by atoms with E-state index in [1.54, 1.807) is 0 Å². The molecule has 13 heavy (non-hydrogen) atoms. The highest BCUT2D eigenvalue weighted by molar-refractivity contribution is 4.77. The van der Waals surface area contributed by atoms with Gasteiger partial charge in [0.2, 0.25) is 0 Å². The second kappa shape index (κ2) is 6.42. The van der Waals surface area contributed by atoms with Crippen molar-refractivity contribution in [2.75, 3.05) is 6.54 Å². The molecule has 0 heterocycles. The molecular weight excluding hydrogens is 158 g/mol. The molecule has 0 aliphatic heterocycles. The first-order chi connectivity index (χ1) is 6.33. The maximum Gasteiger partial charge on any atom is 0.00696 e. The minimum absolute atomic E-state index is 0.844. The summed E-state index contributed by atoms with van der Waals surface area (Å²) in [6.07, 6.45) is 9.79. The average Bonchev–Trinajstić information content (AvgIpc) is 2.51. The highest BCUT2D eigenvalue weighted by Gasteiger charge is 2.19. The zero-order valence-corrected chi connectivity index (χ0v) is 9.31. The molecule has 2 atom stereocenters. The van der Waals surface area contributed by atoms with E-state index in [9.17, 15) is 0 Å². The molecule has 1 rings (SSSR count). The molecule has 1 fully saturated rings. The van der Waals surface area contributed by atoms with Crippen molar-refractivity contribution in [3.8, 4) is 0 Å². The Balaban J connectivity index is 1.88. The van der Waals surface area contributed by atoms with E-state index in [2.05, 4.69) is 19.2 Å². The van der Waals surface area contributed by atoms with Crippen molar-refractivity contribution in [2.24, 2.45) is 5.92 Å². The summed E-state index contributed by atoms with van der Waals surface area (Å²) in [5, 5.41) is 3.67. The molecule has 0 aromatic rings. The molecule has 1 N–H and O–H groups in total. The van der Waals surface area contributed by atoms with Crippen LogP contribution in [0.25, 0.3) is 0 Å². The zero-order valence-electron chi connectivity index (χ0n) is 9.31. The fraction of sp³-hybridized carbons (Fsp3) is 1.00. The number of unbranched alkanes of at least 4 members (excludes halogenated alkanes) is 3. The van der Waals surface area contributed by atoms with Crippen molar-refractivity contribution < 1.29 is 0 Å². The second-order valence-electron chi connectivity index (χ2n) is 4.63. The van der Waals surface area contributed by atoms with Crippen molar-refractivity contribution >= 4 is 0 Å². The smallest absolute Gasteiger partial charge is 0.00696 e. The minimum atomic E-state index is 0.844. The molecular formula is C12H25N. The molecule has 0 saturated heterocycles. The Bertz CT molecular complexity index is 122. The fourth-order valence-corrected chi connectivity index (χ4v) is 2.25. The van der Waals surface area contributed by atoms with Crippen molar-refractivity contribution in [1.29, 1.82) is 0 Å². The molecule has 1 aliphatic rings. The molecule has 1 nitrogen and oxygen atoms in total. The van der Waals surface area contributed by atoms with E-state index in [1.165, 1.54) is 51.5 Å². The summed E-state index contributed by atoms with van der Waals surface area (Å²) >= 11 is 0. The summed E-state index contributed by atoms with van der Waals surface area (Å²) < 4.78 is 0. The van der Waals surface area contributed by atoms with E-state index in [0.717, 1.165) is 12.0 Å². The summed E-state index contributed by atoms with van der Waals surface area (Å²) in [7, 11) is 0. The Morgan fingerprint density at radius 1 is 1.15 bits per heavy atom. The molecule has 0 radical (unpaired) electrons. The highest BCUT2D eigenvalue weighted by atomic mass is 14.9. The van der Waals surface area contributed by atoms with Gasteiger partial charge in [-0.1, -0.05) is 33.1 Å². The van der Waals surface area contributed by atoms with Crippen molar-refractivity contribution in [3.05, 3.63) is 0 Å². The topological polar surface area (TPSA) is 12.0 Å².